The number of anilines is 2. The van der Waals surface area contributed by atoms with Gasteiger partial charge in [0.05, 0.1) is 16.1 Å². The highest BCUT2D eigenvalue weighted by atomic mass is 35.5. The number of benzene rings is 3. The summed E-state index contributed by atoms with van der Waals surface area (Å²) in [5.41, 5.74) is -1.27. The lowest BCUT2D eigenvalue weighted by atomic mass is 10.1. The number of rotatable bonds is 6. The zero-order chi connectivity index (χ0) is 28.4. The number of halogens is 7. The van der Waals surface area contributed by atoms with Gasteiger partial charge in [-0.2, -0.15) is 41.3 Å². The zero-order valence-electron chi connectivity index (χ0n) is 19.7. The minimum Gasteiger partial charge on any atom is -0.422 e. The maximum Gasteiger partial charge on any atom is 0.420 e. The van der Waals surface area contributed by atoms with E-state index in [1.807, 2.05) is 0 Å². The maximum absolute atomic E-state index is 13.6. The molecule has 0 radical (unpaired) electrons. The Morgan fingerprint density at radius 3 is 2.10 bits per heavy atom. The number of hydrogen-bond acceptors (Lipinski definition) is 6. The van der Waals surface area contributed by atoms with E-state index >= 15 is 0 Å². The SMILES string of the molecule is CNC(=O)c1ccc(Nc2nc(Oc3c(Cl)cccc3C(F)(F)F)nc(-c3ccc(C(F)(F)F)cc3)n2)cc1. The third kappa shape index (κ3) is 6.55. The quantitative estimate of drug-likeness (QED) is 0.241. The summed E-state index contributed by atoms with van der Waals surface area (Å²) in [6, 6.07) is 12.2. The molecule has 0 fully saturated rings. The molecule has 2 N–H and O–H groups in total. The van der Waals surface area contributed by atoms with Gasteiger partial charge in [-0.05, 0) is 48.5 Å². The van der Waals surface area contributed by atoms with Gasteiger partial charge in [0.1, 0.15) is 0 Å². The normalized spacial score (nSPS) is 11.7. The van der Waals surface area contributed by atoms with Crippen LogP contribution in [0, 0.1) is 0 Å². The van der Waals surface area contributed by atoms with Gasteiger partial charge in [0.25, 0.3) is 5.91 Å². The van der Waals surface area contributed by atoms with Crippen LogP contribution in [0.1, 0.15) is 21.5 Å². The van der Waals surface area contributed by atoms with Crippen LogP contribution in [0.4, 0.5) is 38.0 Å². The molecule has 39 heavy (non-hydrogen) atoms. The number of hydrogen-bond donors (Lipinski definition) is 2. The van der Waals surface area contributed by atoms with Crippen LogP contribution in [0.15, 0.2) is 66.7 Å². The smallest absolute Gasteiger partial charge is 0.420 e. The van der Waals surface area contributed by atoms with Crippen LogP contribution in [-0.4, -0.2) is 27.9 Å². The van der Waals surface area contributed by atoms with Crippen LogP contribution in [0.25, 0.3) is 11.4 Å². The lowest BCUT2D eigenvalue weighted by Gasteiger charge is -2.15. The Balaban J connectivity index is 1.76. The fraction of sp³-hybridized carbons (Fsp3) is 0.120. The zero-order valence-corrected chi connectivity index (χ0v) is 20.4. The molecule has 4 rings (SSSR count). The molecule has 14 heteroatoms. The molecule has 1 aromatic heterocycles. The van der Waals surface area contributed by atoms with E-state index in [-0.39, 0.29) is 28.3 Å². The minimum atomic E-state index is -4.82. The Morgan fingerprint density at radius 1 is 0.846 bits per heavy atom. The number of alkyl halides is 6. The number of ether oxygens (including phenoxy) is 1. The Kier molecular flexibility index (Phi) is 7.63. The standard InChI is InChI=1S/C25H16ClF6N5O2/c1-33-21(38)14-7-11-16(12-8-14)34-22-35-20(13-5-9-15(10-6-13)24(27,28)29)36-23(37-22)39-19-17(25(30,31)32)3-2-4-18(19)26/h2-12H,1H3,(H,33,38)(H,34,35,36,37). The fourth-order valence-corrected chi connectivity index (χ4v) is 3.51. The summed E-state index contributed by atoms with van der Waals surface area (Å²) >= 11 is 5.97. The van der Waals surface area contributed by atoms with Crippen molar-refractivity contribution < 1.29 is 35.9 Å². The van der Waals surface area contributed by atoms with Crippen molar-refractivity contribution in [2.45, 2.75) is 12.4 Å². The van der Waals surface area contributed by atoms with Crippen LogP contribution in [0.3, 0.4) is 0 Å². The van der Waals surface area contributed by atoms with Crippen LogP contribution >= 0.6 is 11.6 Å². The second-order valence-electron chi connectivity index (χ2n) is 7.84. The molecule has 7 nitrogen and oxygen atoms in total. The van der Waals surface area contributed by atoms with Crippen molar-refractivity contribution in [1.82, 2.24) is 20.3 Å². The van der Waals surface area contributed by atoms with Crippen molar-refractivity contribution in [3.63, 3.8) is 0 Å². The molecule has 4 aromatic rings. The predicted molar refractivity (Wildman–Crippen MR) is 130 cm³/mol. The molecule has 0 aliphatic heterocycles. The molecule has 3 aromatic carbocycles. The van der Waals surface area contributed by atoms with E-state index in [1.165, 1.54) is 37.4 Å². The van der Waals surface area contributed by atoms with Gasteiger partial charge in [-0.3, -0.25) is 4.79 Å². The number of carbonyl (C=O) groups is 1. The summed E-state index contributed by atoms with van der Waals surface area (Å²) in [6.45, 7) is 0. The third-order valence-corrected chi connectivity index (χ3v) is 5.48. The van der Waals surface area contributed by atoms with Gasteiger partial charge in [0, 0.05) is 23.9 Å². The summed E-state index contributed by atoms with van der Waals surface area (Å²) in [4.78, 5) is 23.9. The van der Waals surface area contributed by atoms with E-state index in [1.54, 1.807) is 0 Å². The topological polar surface area (TPSA) is 89.0 Å². The third-order valence-electron chi connectivity index (χ3n) is 5.18. The largest absolute Gasteiger partial charge is 0.422 e. The van der Waals surface area contributed by atoms with Crippen LogP contribution < -0.4 is 15.4 Å². The van der Waals surface area contributed by atoms with Crippen molar-refractivity contribution in [2.24, 2.45) is 0 Å². The van der Waals surface area contributed by atoms with Crippen molar-refractivity contribution in [3.05, 3.63) is 88.4 Å². The Labute approximate surface area is 221 Å². The Morgan fingerprint density at radius 2 is 1.51 bits per heavy atom. The molecule has 1 heterocycles. The first kappa shape index (κ1) is 27.6. The first-order chi connectivity index (χ1) is 18.3. The minimum absolute atomic E-state index is 0.100. The van der Waals surface area contributed by atoms with Gasteiger partial charge in [0.2, 0.25) is 5.95 Å². The van der Waals surface area contributed by atoms with Crippen molar-refractivity contribution in [2.75, 3.05) is 12.4 Å². The van der Waals surface area contributed by atoms with Gasteiger partial charge < -0.3 is 15.4 Å². The molecule has 202 valence electrons. The molecular weight excluding hydrogens is 552 g/mol. The fourth-order valence-electron chi connectivity index (χ4n) is 3.30. The molecule has 0 spiro atoms. The monoisotopic (exact) mass is 567 g/mol. The van der Waals surface area contributed by atoms with E-state index in [4.69, 9.17) is 16.3 Å². The molecule has 0 atom stereocenters. The summed E-state index contributed by atoms with van der Waals surface area (Å²) in [7, 11) is 1.47. The van der Waals surface area contributed by atoms with Crippen molar-refractivity contribution in [3.8, 4) is 23.1 Å². The molecule has 1 amide bonds. The number of nitrogens with zero attached hydrogens (tertiary/aromatic N) is 3. The Bertz CT molecular complexity index is 1490. The van der Waals surface area contributed by atoms with Gasteiger partial charge in [-0.15, -0.1) is 0 Å². The summed E-state index contributed by atoms with van der Waals surface area (Å²) in [5.74, 6) is -1.50. The molecule has 0 saturated heterocycles. The second kappa shape index (κ2) is 10.8. The number of para-hydroxylation sites is 1. The average molecular weight is 568 g/mol. The van der Waals surface area contributed by atoms with E-state index in [0.717, 1.165) is 36.4 Å². The molecule has 0 bridgehead atoms. The number of amides is 1. The summed E-state index contributed by atoms with van der Waals surface area (Å²) in [5, 5.41) is 4.91. The summed E-state index contributed by atoms with van der Waals surface area (Å²) < 4.78 is 85.1. The Hall–Kier alpha value is -4.39. The second-order valence-corrected chi connectivity index (χ2v) is 8.25. The average Bonchev–Trinajstić information content (AvgIpc) is 2.88. The van der Waals surface area contributed by atoms with Gasteiger partial charge in [-0.25, -0.2) is 0 Å². The number of aromatic nitrogens is 3. The molecule has 0 unspecified atom stereocenters. The van der Waals surface area contributed by atoms with E-state index in [2.05, 4.69) is 25.6 Å². The summed E-state index contributed by atoms with van der Waals surface area (Å²) in [6.07, 6.45) is -9.41. The lowest BCUT2D eigenvalue weighted by molar-refractivity contribution is -0.139. The molecule has 0 aliphatic rings. The van der Waals surface area contributed by atoms with Crippen LogP contribution in [0.2, 0.25) is 5.02 Å². The molecule has 0 saturated carbocycles. The van der Waals surface area contributed by atoms with Crippen LogP contribution in [-0.2, 0) is 12.4 Å². The molecule has 0 aliphatic carbocycles. The van der Waals surface area contributed by atoms with Crippen LogP contribution in [0.5, 0.6) is 11.8 Å². The predicted octanol–water partition coefficient (Wildman–Crippen LogP) is 7.13. The highest BCUT2D eigenvalue weighted by molar-refractivity contribution is 6.32. The molecular formula is C25H16ClF6N5O2. The van der Waals surface area contributed by atoms with Crippen molar-refractivity contribution >= 4 is 29.1 Å². The van der Waals surface area contributed by atoms with E-state index in [9.17, 15) is 31.1 Å². The first-order valence-corrected chi connectivity index (χ1v) is 11.3. The van der Waals surface area contributed by atoms with E-state index in [0.29, 0.717) is 11.3 Å². The van der Waals surface area contributed by atoms with Gasteiger partial charge in [-0.1, -0.05) is 29.8 Å². The van der Waals surface area contributed by atoms with Gasteiger partial charge in [0.15, 0.2) is 11.6 Å². The van der Waals surface area contributed by atoms with Gasteiger partial charge >= 0.3 is 18.4 Å². The highest BCUT2D eigenvalue weighted by Gasteiger charge is 2.36. The number of carbonyl (C=O) groups excluding carboxylic acids is 1. The first-order valence-electron chi connectivity index (χ1n) is 10.9. The van der Waals surface area contributed by atoms with Crippen molar-refractivity contribution in [1.29, 1.82) is 0 Å². The van der Waals surface area contributed by atoms with E-state index < -0.39 is 35.2 Å². The maximum atomic E-state index is 13.6. The highest BCUT2D eigenvalue weighted by Crippen LogP contribution is 2.42. The number of nitrogens with one attached hydrogen (secondary N) is 2. The lowest BCUT2D eigenvalue weighted by Crippen LogP contribution is -2.17.